The van der Waals surface area contributed by atoms with Crippen LogP contribution in [0, 0.1) is 5.41 Å². The molecule has 9 heteroatoms. The Balaban J connectivity index is 1.51. The Morgan fingerprint density at radius 2 is 1.94 bits per heavy atom. The number of ether oxygens (including phenoxy) is 1. The lowest BCUT2D eigenvalue weighted by atomic mass is 9.77. The van der Waals surface area contributed by atoms with E-state index >= 15 is 0 Å². The monoisotopic (exact) mass is 488 g/mol. The third-order valence-electron chi connectivity index (χ3n) is 6.80. The first kappa shape index (κ1) is 24.5. The van der Waals surface area contributed by atoms with Gasteiger partial charge < -0.3 is 24.0 Å². The number of nitrogens with zero attached hydrogens (tertiary/aromatic N) is 4. The van der Waals surface area contributed by atoms with Gasteiger partial charge in [-0.15, -0.1) is 0 Å². The number of carbonyl (C=O) groups excluding carboxylic acids is 2. The maximum absolute atomic E-state index is 13.3. The topological polar surface area (TPSA) is 79.1 Å². The van der Waals surface area contributed by atoms with Crippen molar-refractivity contribution in [2.75, 3.05) is 52.9 Å². The molecule has 1 aromatic heterocycles. The number of benzene rings is 1. The maximum Gasteiger partial charge on any atom is 0.276 e. The Bertz CT molecular complexity index is 1000. The first-order chi connectivity index (χ1) is 16.4. The number of amides is 2. The molecule has 3 heterocycles. The molecule has 0 spiro atoms. The van der Waals surface area contributed by atoms with Crippen LogP contribution in [0.25, 0.3) is 0 Å². The van der Waals surface area contributed by atoms with E-state index in [2.05, 4.69) is 17.1 Å². The number of aryl methyl sites for hydroxylation is 1. The Hall–Kier alpha value is -2.58. The van der Waals surface area contributed by atoms with Crippen LogP contribution in [0.15, 0.2) is 34.9 Å². The number of hydrogen-bond donors (Lipinski definition) is 0. The lowest BCUT2D eigenvalue weighted by Gasteiger charge is -2.43. The van der Waals surface area contributed by atoms with Crippen molar-refractivity contribution in [1.29, 1.82) is 0 Å². The molecule has 2 fully saturated rings. The molecule has 184 valence electrons. The summed E-state index contributed by atoms with van der Waals surface area (Å²) in [7, 11) is 2.07. The molecule has 0 saturated carbocycles. The van der Waals surface area contributed by atoms with E-state index in [0.29, 0.717) is 54.8 Å². The SMILES string of the molecule is CCc1cc(C(=O)N2CCC[C@](COc3cccc(Cl)c3)(CC(=O)N3CCN(C)CC3)C2)no1. The van der Waals surface area contributed by atoms with Gasteiger partial charge in [-0.25, -0.2) is 0 Å². The largest absolute Gasteiger partial charge is 0.493 e. The number of piperazine rings is 1. The number of hydrogen-bond acceptors (Lipinski definition) is 6. The Labute approximate surface area is 205 Å². The van der Waals surface area contributed by atoms with Gasteiger partial charge in [0.05, 0.1) is 6.61 Å². The zero-order valence-corrected chi connectivity index (χ0v) is 20.7. The summed E-state index contributed by atoms with van der Waals surface area (Å²) in [4.78, 5) is 32.5. The second-order valence-electron chi connectivity index (χ2n) is 9.47. The molecule has 0 unspecified atom stereocenters. The molecule has 2 aliphatic rings. The fourth-order valence-corrected chi connectivity index (χ4v) is 4.90. The normalized spacial score (nSPS) is 21.5. The van der Waals surface area contributed by atoms with E-state index in [1.807, 2.05) is 24.0 Å². The number of carbonyl (C=O) groups is 2. The number of piperidine rings is 1. The minimum absolute atomic E-state index is 0.117. The van der Waals surface area contributed by atoms with Crippen LogP contribution in [0.2, 0.25) is 5.02 Å². The van der Waals surface area contributed by atoms with Gasteiger partial charge in [-0.05, 0) is 38.1 Å². The fraction of sp³-hybridized carbons (Fsp3) is 0.560. The van der Waals surface area contributed by atoms with Crippen LogP contribution in [-0.2, 0) is 11.2 Å². The Kier molecular flexibility index (Phi) is 7.78. The average Bonchev–Trinajstić information content (AvgIpc) is 3.32. The highest BCUT2D eigenvalue weighted by molar-refractivity contribution is 6.30. The molecular weight excluding hydrogens is 456 g/mol. The van der Waals surface area contributed by atoms with Crippen molar-refractivity contribution in [1.82, 2.24) is 19.9 Å². The molecule has 0 aliphatic carbocycles. The molecule has 0 radical (unpaired) electrons. The van der Waals surface area contributed by atoms with E-state index in [-0.39, 0.29) is 11.8 Å². The van der Waals surface area contributed by atoms with Crippen LogP contribution in [0.1, 0.15) is 42.4 Å². The van der Waals surface area contributed by atoms with Crippen molar-refractivity contribution >= 4 is 23.4 Å². The molecule has 1 atom stereocenters. The predicted molar refractivity (Wildman–Crippen MR) is 129 cm³/mol. The van der Waals surface area contributed by atoms with E-state index in [0.717, 1.165) is 39.0 Å². The van der Waals surface area contributed by atoms with Gasteiger partial charge in [0.1, 0.15) is 11.5 Å². The fourth-order valence-electron chi connectivity index (χ4n) is 4.72. The molecule has 2 saturated heterocycles. The second kappa shape index (κ2) is 10.8. The zero-order valence-electron chi connectivity index (χ0n) is 20.0. The molecule has 2 aromatic rings. The Morgan fingerprint density at radius 3 is 2.65 bits per heavy atom. The average molecular weight is 489 g/mol. The summed E-state index contributed by atoms with van der Waals surface area (Å²) in [6.45, 7) is 6.52. The van der Waals surface area contributed by atoms with Gasteiger partial charge in [0.15, 0.2) is 5.69 Å². The van der Waals surface area contributed by atoms with E-state index in [9.17, 15) is 9.59 Å². The summed E-state index contributed by atoms with van der Waals surface area (Å²) < 4.78 is 11.4. The molecule has 0 N–H and O–H groups in total. The summed E-state index contributed by atoms with van der Waals surface area (Å²) in [6, 6.07) is 8.97. The number of halogens is 1. The number of likely N-dealkylation sites (N-methyl/N-ethyl adjacent to an activating group) is 1. The highest BCUT2D eigenvalue weighted by Crippen LogP contribution is 2.36. The number of likely N-dealkylation sites (tertiary alicyclic amines) is 1. The molecule has 0 bridgehead atoms. The third kappa shape index (κ3) is 5.91. The minimum atomic E-state index is -0.492. The highest BCUT2D eigenvalue weighted by Gasteiger charge is 2.41. The van der Waals surface area contributed by atoms with Crippen LogP contribution in [0.3, 0.4) is 0 Å². The van der Waals surface area contributed by atoms with Crippen molar-refractivity contribution in [3.63, 3.8) is 0 Å². The number of rotatable bonds is 7. The molecule has 34 heavy (non-hydrogen) atoms. The summed E-state index contributed by atoms with van der Waals surface area (Å²) in [5.74, 6) is 1.29. The van der Waals surface area contributed by atoms with Crippen LogP contribution in [0.5, 0.6) is 5.75 Å². The molecular formula is C25H33ClN4O4. The van der Waals surface area contributed by atoms with Crippen LogP contribution in [-0.4, -0.2) is 84.6 Å². The lowest BCUT2D eigenvalue weighted by Crippen LogP contribution is -2.53. The molecule has 2 amide bonds. The standard InChI is InChI=1S/C25H33ClN4O4/c1-3-20-15-22(27-34-20)24(32)30-9-5-8-25(17-30,18-33-21-7-4-6-19(26)14-21)16-23(31)29-12-10-28(2)11-13-29/h4,6-7,14-15H,3,5,8-13,16-18H2,1-2H3/t25-/m0/s1. The summed E-state index contributed by atoms with van der Waals surface area (Å²) >= 11 is 6.13. The van der Waals surface area contributed by atoms with Gasteiger partial charge in [-0.2, -0.15) is 0 Å². The first-order valence-corrected chi connectivity index (χ1v) is 12.3. The first-order valence-electron chi connectivity index (χ1n) is 12.0. The van der Waals surface area contributed by atoms with E-state index in [1.54, 1.807) is 23.1 Å². The van der Waals surface area contributed by atoms with Crippen molar-refractivity contribution in [3.05, 3.63) is 46.8 Å². The van der Waals surface area contributed by atoms with Crippen LogP contribution in [0.4, 0.5) is 0 Å². The Morgan fingerprint density at radius 1 is 1.15 bits per heavy atom. The van der Waals surface area contributed by atoms with Gasteiger partial charge >= 0.3 is 0 Å². The van der Waals surface area contributed by atoms with E-state index in [1.165, 1.54) is 0 Å². The summed E-state index contributed by atoms with van der Waals surface area (Å²) in [5, 5.41) is 4.56. The second-order valence-corrected chi connectivity index (χ2v) is 9.91. The molecule has 4 rings (SSSR count). The lowest BCUT2D eigenvalue weighted by molar-refractivity contribution is -0.137. The van der Waals surface area contributed by atoms with Crippen LogP contribution >= 0.6 is 11.6 Å². The van der Waals surface area contributed by atoms with E-state index in [4.69, 9.17) is 20.9 Å². The van der Waals surface area contributed by atoms with Crippen molar-refractivity contribution in [2.45, 2.75) is 32.6 Å². The van der Waals surface area contributed by atoms with E-state index < -0.39 is 5.41 Å². The molecule has 8 nitrogen and oxygen atoms in total. The molecule has 2 aliphatic heterocycles. The van der Waals surface area contributed by atoms with Gasteiger partial charge in [0.2, 0.25) is 5.91 Å². The zero-order chi connectivity index (χ0) is 24.1. The highest BCUT2D eigenvalue weighted by atomic mass is 35.5. The predicted octanol–water partition coefficient (Wildman–Crippen LogP) is 3.36. The van der Waals surface area contributed by atoms with Crippen molar-refractivity contribution in [3.8, 4) is 5.75 Å². The maximum atomic E-state index is 13.3. The van der Waals surface area contributed by atoms with Gasteiger partial charge in [-0.1, -0.05) is 29.7 Å². The molecule has 1 aromatic carbocycles. The van der Waals surface area contributed by atoms with Gasteiger partial charge in [0.25, 0.3) is 5.91 Å². The van der Waals surface area contributed by atoms with Crippen molar-refractivity contribution < 1.29 is 18.8 Å². The smallest absolute Gasteiger partial charge is 0.276 e. The third-order valence-corrected chi connectivity index (χ3v) is 7.03. The minimum Gasteiger partial charge on any atom is -0.493 e. The van der Waals surface area contributed by atoms with Gasteiger partial charge in [-0.3, -0.25) is 9.59 Å². The quantitative estimate of drug-likeness (QED) is 0.594. The van der Waals surface area contributed by atoms with Crippen LogP contribution < -0.4 is 4.74 Å². The summed E-state index contributed by atoms with van der Waals surface area (Å²) in [6.07, 6.45) is 2.60. The van der Waals surface area contributed by atoms with Crippen molar-refractivity contribution in [2.24, 2.45) is 5.41 Å². The van der Waals surface area contributed by atoms with Gasteiger partial charge in [0, 0.05) is 68.6 Å². The number of aromatic nitrogens is 1. The summed E-state index contributed by atoms with van der Waals surface area (Å²) in [5.41, 5.74) is -0.178.